The Morgan fingerprint density at radius 3 is 2.58 bits per heavy atom. The lowest BCUT2D eigenvalue weighted by molar-refractivity contribution is 0.0995. The van der Waals surface area contributed by atoms with Gasteiger partial charge in [0.25, 0.3) is 5.91 Å². The zero-order chi connectivity index (χ0) is 18.7. The Morgan fingerprint density at radius 2 is 1.92 bits per heavy atom. The average Bonchev–Trinajstić information content (AvgIpc) is 3.21. The monoisotopic (exact) mass is 387 g/mol. The topological polar surface area (TPSA) is 94.9 Å². The van der Waals surface area contributed by atoms with E-state index >= 15 is 0 Å². The van der Waals surface area contributed by atoms with Gasteiger partial charge in [-0.1, -0.05) is 11.3 Å². The lowest BCUT2D eigenvalue weighted by atomic mass is 10.1. The molecule has 9 heteroatoms. The third kappa shape index (κ3) is 3.89. The summed E-state index contributed by atoms with van der Waals surface area (Å²) in [6.07, 6.45) is 2.00. The van der Waals surface area contributed by atoms with Gasteiger partial charge in [-0.05, 0) is 55.5 Å². The molecule has 0 bridgehead atoms. The van der Waals surface area contributed by atoms with E-state index in [1.165, 1.54) is 23.5 Å². The van der Waals surface area contributed by atoms with Crippen molar-refractivity contribution >= 4 is 40.5 Å². The van der Waals surface area contributed by atoms with E-state index in [0.717, 1.165) is 12.2 Å². The Morgan fingerprint density at radius 1 is 1.23 bits per heavy atom. The second-order valence-corrected chi connectivity index (χ2v) is 7.13. The number of nitrogens with two attached hydrogens (primary N) is 1. The molecule has 0 fully saturated rings. The van der Waals surface area contributed by atoms with Crippen LogP contribution >= 0.6 is 23.6 Å². The van der Waals surface area contributed by atoms with E-state index in [0.29, 0.717) is 26.8 Å². The quantitative estimate of drug-likeness (QED) is 0.636. The molecule has 3 N–H and O–H groups in total. The summed E-state index contributed by atoms with van der Waals surface area (Å²) in [5.41, 5.74) is 7.04. The molecule has 26 heavy (non-hydrogen) atoms. The number of aromatic nitrogens is 3. The van der Waals surface area contributed by atoms with Gasteiger partial charge in [0, 0.05) is 29.6 Å². The zero-order valence-electron chi connectivity index (χ0n) is 14.0. The smallest absolute Gasteiger partial charge is 0.257 e. The van der Waals surface area contributed by atoms with Gasteiger partial charge in [-0.25, -0.2) is 4.68 Å². The Balaban J connectivity index is 1.73. The SMILES string of the molecule is CCn1cccc1Cn1nc(NC(=O)c2ccc(C(N)=O)cc2)sc1=S. The number of nitrogens with one attached hydrogen (secondary N) is 1. The summed E-state index contributed by atoms with van der Waals surface area (Å²) in [6, 6.07) is 10.1. The molecule has 0 radical (unpaired) electrons. The lowest BCUT2D eigenvalue weighted by Crippen LogP contribution is -2.14. The van der Waals surface area contributed by atoms with Crippen LogP contribution in [0.15, 0.2) is 42.6 Å². The van der Waals surface area contributed by atoms with Crippen LogP contribution < -0.4 is 11.1 Å². The van der Waals surface area contributed by atoms with Crippen molar-refractivity contribution in [3.8, 4) is 0 Å². The van der Waals surface area contributed by atoms with Crippen molar-refractivity contribution in [1.29, 1.82) is 0 Å². The number of nitrogens with zero attached hydrogens (tertiary/aromatic N) is 3. The number of primary amides is 1. The van der Waals surface area contributed by atoms with Gasteiger partial charge in [-0.15, -0.1) is 5.10 Å². The van der Waals surface area contributed by atoms with E-state index in [2.05, 4.69) is 21.9 Å². The summed E-state index contributed by atoms with van der Waals surface area (Å²) >= 11 is 6.58. The molecule has 0 saturated heterocycles. The maximum absolute atomic E-state index is 12.3. The molecule has 0 unspecified atom stereocenters. The molecule has 1 aromatic carbocycles. The molecule has 0 atom stereocenters. The molecule has 0 aliphatic carbocycles. The lowest BCUT2D eigenvalue weighted by Gasteiger charge is -2.06. The first kappa shape index (κ1) is 18.0. The molecule has 2 aromatic heterocycles. The van der Waals surface area contributed by atoms with Crippen molar-refractivity contribution in [2.75, 3.05) is 5.32 Å². The van der Waals surface area contributed by atoms with E-state index in [9.17, 15) is 9.59 Å². The maximum atomic E-state index is 12.3. The van der Waals surface area contributed by atoms with Crippen molar-refractivity contribution in [3.05, 3.63) is 63.4 Å². The highest BCUT2D eigenvalue weighted by Gasteiger charge is 2.12. The van der Waals surface area contributed by atoms with Crippen LogP contribution in [0.5, 0.6) is 0 Å². The summed E-state index contributed by atoms with van der Waals surface area (Å²) in [7, 11) is 0. The summed E-state index contributed by atoms with van der Waals surface area (Å²) in [5.74, 6) is -0.862. The summed E-state index contributed by atoms with van der Waals surface area (Å²) in [4.78, 5) is 23.4. The zero-order valence-corrected chi connectivity index (χ0v) is 15.6. The normalized spacial score (nSPS) is 10.7. The second-order valence-electron chi connectivity index (χ2n) is 5.51. The van der Waals surface area contributed by atoms with Crippen LogP contribution in [-0.4, -0.2) is 26.2 Å². The number of amides is 2. The number of rotatable bonds is 6. The number of aryl methyl sites for hydroxylation is 1. The first-order valence-electron chi connectivity index (χ1n) is 7.91. The number of benzene rings is 1. The van der Waals surface area contributed by atoms with Crippen molar-refractivity contribution in [2.45, 2.75) is 20.0 Å². The van der Waals surface area contributed by atoms with Crippen LogP contribution in [0.4, 0.5) is 5.13 Å². The molecule has 0 aliphatic rings. The second kappa shape index (κ2) is 7.63. The first-order chi connectivity index (χ1) is 12.5. The van der Waals surface area contributed by atoms with Crippen LogP contribution in [0, 0.1) is 3.95 Å². The minimum absolute atomic E-state index is 0.325. The molecule has 2 amide bonds. The van der Waals surface area contributed by atoms with E-state index < -0.39 is 5.91 Å². The molecule has 0 spiro atoms. The molecule has 134 valence electrons. The Hall–Kier alpha value is -2.78. The molecule has 3 rings (SSSR count). The minimum atomic E-state index is -0.537. The van der Waals surface area contributed by atoms with Crippen LogP contribution in [0.1, 0.15) is 33.3 Å². The Kier molecular flexibility index (Phi) is 5.29. The molecular formula is C17H17N5O2S2. The highest BCUT2D eigenvalue weighted by Crippen LogP contribution is 2.17. The maximum Gasteiger partial charge on any atom is 0.257 e. The fraction of sp³-hybridized carbons (Fsp3) is 0.176. The van der Waals surface area contributed by atoms with E-state index in [4.69, 9.17) is 18.0 Å². The third-order valence-electron chi connectivity index (χ3n) is 3.83. The van der Waals surface area contributed by atoms with Crippen LogP contribution in [-0.2, 0) is 13.1 Å². The molecule has 0 aliphatic heterocycles. The first-order valence-corrected chi connectivity index (χ1v) is 9.13. The average molecular weight is 387 g/mol. The Labute approximate surface area is 159 Å². The number of carbonyl (C=O) groups is 2. The molecule has 2 heterocycles. The van der Waals surface area contributed by atoms with Gasteiger partial charge in [0.1, 0.15) is 0 Å². The molecule has 7 nitrogen and oxygen atoms in total. The predicted molar refractivity (Wildman–Crippen MR) is 103 cm³/mol. The summed E-state index contributed by atoms with van der Waals surface area (Å²) < 4.78 is 4.38. The van der Waals surface area contributed by atoms with Gasteiger partial charge in [0.05, 0.1) is 6.54 Å². The van der Waals surface area contributed by atoms with Gasteiger partial charge in [-0.2, -0.15) is 0 Å². The summed E-state index contributed by atoms with van der Waals surface area (Å²) in [5, 5.41) is 7.54. The van der Waals surface area contributed by atoms with Crippen molar-refractivity contribution in [2.24, 2.45) is 5.73 Å². The van der Waals surface area contributed by atoms with Gasteiger partial charge in [-0.3, -0.25) is 14.9 Å². The highest BCUT2D eigenvalue weighted by atomic mass is 32.1. The number of anilines is 1. The number of hydrogen-bond donors (Lipinski definition) is 2. The van der Waals surface area contributed by atoms with Crippen LogP contribution in [0.25, 0.3) is 0 Å². The molecular weight excluding hydrogens is 370 g/mol. The van der Waals surface area contributed by atoms with E-state index in [1.54, 1.807) is 16.8 Å². The fourth-order valence-corrected chi connectivity index (χ4v) is 3.47. The third-order valence-corrected chi connectivity index (χ3v) is 5.06. The standard InChI is InChI=1S/C17H17N5O2S2/c1-2-21-9-3-4-13(21)10-22-17(25)26-16(20-22)19-15(24)12-7-5-11(6-8-12)14(18)23/h3-9H,2,10H2,1H3,(H2,18,23)(H,19,20,24). The number of hydrogen-bond acceptors (Lipinski definition) is 5. The summed E-state index contributed by atoms with van der Waals surface area (Å²) in [6.45, 7) is 3.48. The highest BCUT2D eigenvalue weighted by molar-refractivity contribution is 7.73. The van der Waals surface area contributed by atoms with Crippen LogP contribution in [0.3, 0.4) is 0 Å². The van der Waals surface area contributed by atoms with E-state index in [1.807, 2.05) is 18.3 Å². The van der Waals surface area contributed by atoms with Crippen molar-refractivity contribution in [3.63, 3.8) is 0 Å². The van der Waals surface area contributed by atoms with Gasteiger partial charge in [0.2, 0.25) is 11.0 Å². The van der Waals surface area contributed by atoms with Crippen molar-refractivity contribution < 1.29 is 9.59 Å². The largest absolute Gasteiger partial charge is 0.366 e. The minimum Gasteiger partial charge on any atom is -0.366 e. The van der Waals surface area contributed by atoms with Crippen LogP contribution in [0.2, 0.25) is 0 Å². The Bertz CT molecular complexity index is 1000. The fourth-order valence-electron chi connectivity index (χ4n) is 2.47. The predicted octanol–water partition coefficient (Wildman–Crippen LogP) is 2.89. The molecule has 3 aromatic rings. The number of carbonyl (C=O) groups excluding carboxylic acids is 2. The van der Waals surface area contributed by atoms with Crippen molar-refractivity contribution in [1.82, 2.24) is 14.3 Å². The van der Waals surface area contributed by atoms with Gasteiger partial charge in [0.15, 0.2) is 3.95 Å². The van der Waals surface area contributed by atoms with Gasteiger partial charge >= 0.3 is 0 Å². The van der Waals surface area contributed by atoms with E-state index in [-0.39, 0.29) is 5.91 Å². The van der Waals surface area contributed by atoms with Gasteiger partial charge < -0.3 is 10.3 Å². The molecule has 0 saturated carbocycles.